The van der Waals surface area contributed by atoms with Gasteiger partial charge in [-0.25, -0.2) is 4.79 Å². The van der Waals surface area contributed by atoms with Crippen LogP contribution in [0.4, 0.5) is 0 Å². The zero-order chi connectivity index (χ0) is 17.9. The molecule has 24 heavy (non-hydrogen) atoms. The molecule has 0 aliphatic rings. The van der Waals surface area contributed by atoms with E-state index >= 15 is 0 Å². The molecule has 2 rings (SSSR count). The lowest BCUT2D eigenvalue weighted by Gasteiger charge is -2.16. The summed E-state index contributed by atoms with van der Waals surface area (Å²) in [4.78, 5) is 23.6. The molecule has 130 valence electrons. The van der Waals surface area contributed by atoms with Crippen molar-refractivity contribution in [2.75, 3.05) is 5.75 Å². The molecular weight excluding hydrogens is 332 g/mol. The number of aliphatic hydroxyl groups is 1. The van der Waals surface area contributed by atoms with Gasteiger partial charge in [-0.15, -0.1) is 0 Å². The van der Waals surface area contributed by atoms with Gasteiger partial charge in [0.25, 0.3) is 0 Å². The van der Waals surface area contributed by atoms with Gasteiger partial charge in [-0.2, -0.15) is 12.6 Å². The fourth-order valence-corrected chi connectivity index (χ4v) is 3.01. The van der Waals surface area contributed by atoms with Crippen LogP contribution in [0.25, 0.3) is 0 Å². The maximum Gasteiger partial charge on any atom is 0.332 e. The predicted octanol–water partition coefficient (Wildman–Crippen LogP) is 1.21. The number of carboxylic acids is 1. The number of aliphatic carboxylic acids is 1. The lowest BCUT2D eigenvalue weighted by atomic mass is 10.1. The number of nitrogens with zero attached hydrogens (tertiary/aromatic N) is 2. The van der Waals surface area contributed by atoms with E-state index < -0.39 is 36.2 Å². The molecule has 7 nitrogen and oxygen atoms in total. The third-order valence-electron chi connectivity index (χ3n) is 3.76. The number of aromatic nitrogens is 2. The second kappa shape index (κ2) is 7.59. The quantitative estimate of drug-likeness (QED) is 0.561. The highest BCUT2D eigenvalue weighted by Crippen LogP contribution is 2.28. The van der Waals surface area contributed by atoms with Gasteiger partial charge in [0.1, 0.15) is 12.2 Å². The van der Waals surface area contributed by atoms with Gasteiger partial charge >= 0.3 is 11.7 Å². The van der Waals surface area contributed by atoms with Gasteiger partial charge in [0, 0.05) is 5.75 Å². The predicted molar refractivity (Wildman–Crippen MR) is 91.7 cm³/mol. The zero-order valence-corrected chi connectivity index (χ0v) is 14.1. The molecule has 0 aliphatic heterocycles. The van der Waals surface area contributed by atoms with E-state index in [0.717, 1.165) is 14.7 Å². The van der Waals surface area contributed by atoms with Gasteiger partial charge in [0.05, 0.1) is 12.1 Å². The minimum Gasteiger partial charge on any atom is -0.493 e. The maximum absolute atomic E-state index is 12.6. The molecule has 0 fully saturated rings. The third kappa shape index (κ3) is 3.65. The van der Waals surface area contributed by atoms with Crippen molar-refractivity contribution in [1.29, 1.82) is 0 Å². The van der Waals surface area contributed by atoms with Gasteiger partial charge in [-0.3, -0.25) is 13.9 Å². The molecule has 2 aromatic rings. The fourth-order valence-electron chi connectivity index (χ4n) is 2.72. The number of carboxylic acid groups (broad SMARTS) is 1. The van der Waals surface area contributed by atoms with Crippen LogP contribution in [0.5, 0.6) is 5.88 Å². The lowest BCUT2D eigenvalue weighted by molar-refractivity contribution is -0.137. The van der Waals surface area contributed by atoms with E-state index in [1.165, 1.54) is 6.92 Å². The summed E-state index contributed by atoms with van der Waals surface area (Å²) in [5, 5.41) is 29.2. The Hall–Kier alpha value is -2.19. The Morgan fingerprint density at radius 1 is 1.29 bits per heavy atom. The van der Waals surface area contributed by atoms with Crippen LogP contribution >= 0.6 is 12.6 Å². The zero-order valence-electron chi connectivity index (χ0n) is 13.2. The molecule has 0 saturated carbocycles. The van der Waals surface area contributed by atoms with E-state index in [2.05, 4.69) is 12.6 Å². The summed E-state index contributed by atoms with van der Waals surface area (Å²) in [6.45, 7) is 0.730. The second-order valence-electron chi connectivity index (χ2n) is 5.54. The van der Waals surface area contributed by atoms with Crippen LogP contribution < -0.4 is 5.69 Å². The van der Waals surface area contributed by atoms with Gasteiger partial charge < -0.3 is 15.3 Å². The summed E-state index contributed by atoms with van der Waals surface area (Å²) in [6, 6.07) is 8.91. The van der Waals surface area contributed by atoms with Crippen LogP contribution in [0, 0.1) is 0 Å². The number of hydrogen-bond donors (Lipinski definition) is 4. The standard InChI is InChI=1S/C16H20N2O5S/c1-10(19)14-15(22)18(16(23)17(14)8-13(20)21)12(9-24)7-11-5-3-2-4-6-11/h2-6,10,12,19,22,24H,7-9H2,1H3,(H,20,21). The van der Waals surface area contributed by atoms with Crippen LogP contribution in [0.3, 0.4) is 0 Å². The first-order chi connectivity index (χ1) is 11.4. The molecule has 0 spiro atoms. The first-order valence-electron chi connectivity index (χ1n) is 7.45. The molecular formula is C16H20N2O5S. The summed E-state index contributed by atoms with van der Waals surface area (Å²) in [7, 11) is 0. The Balaban J connectivity index is 2.51. The van der Waals surface area contributed by atoms with Crippen LogP contribution in [0.15, 0.2) is 35.1 Å². The molecule has 3 N–H and O–H groups in total. The maximum atomic E-state index is 12.6. The van der Waals surface area contributed by atoms with E-state index in [-0.39, 0.29) is 11.4 Å². The first kappa shape index (κ1) is 18.2. The fraction of sp³-hybridized carbons (Fsp3) is 0.375. The van der Waals surface area contributed by atoms with Crippen LogP contribution in [-0.2, 0) is 17.8 Å². The summed E-state index contributed by atoms with van der Waals surface area (Å²) in [6.07, 6.45) is -0.746. The number of hydrogen-bond acceptors (Lipinski definition) is 5. The van der Waals surface area contributed by atoms with E-state index in [1.54, 1.807) is 0 Å². The van der Waals surface area contributed by atoms with Crippen molar-refractivity contribution in [3.63, 3.8) is 0 Å². The number of benzene rings is 1. The number of imidazole rings is 1. The molecule has 2 unspecified atom stereocenters. The molecule has 1 aromatic heterocycles. The van der Waals surface area contributed by atoms with Crippen LogP contribution in [0.2, 0.25) is 0 Å². The monoisotopic (exact) mass is 352 g/mol. The molecule has 0 saturated heterocycles. The number of rotatable bonds is 7. The van der Waals surface area contributed by atoms with Gasteiger partial charge in [-0.05, 0) is 18.9 Å². The van der Waals surface area contributed by atoms with Gasteiger partial charge in [-0.1, -0.05) is 30.3 Å². The largest absolute Gasteiger partial charge is 0.493 e. The summed E-state index contributed by atoms with van der Waals surface area (Å²) in [5.41, 5.74) is 0.162. The highest BCUT2D eigenvalue weighted by molar-refractivity contribution is 7.80. The lowest BCUT2D eigenvalue weighted by Crippen LogP contribution is -2.31. The second-order valence-corrected chi connectivity index (χ2v) is 5.91. The third-order valence-corrected chi connectivity index (χ3v) is 4.19. The minimum absolute atomic E-state index is 0.109. The molecule has 1 heterocycles. The Morgan fingerprint density at radius 3 is 2.42 bits per heavy atom. The normalized spacial score (nSPS) is 13.6. The van der Waals surface area contributed by atoms with Gasteiger partial charge in [0.15, 0.2) is 0 Å². The van der Waals surface area contributed by atoms with Crippen molar-refractivity contribution < 1.29 is 20.1 Å². The van der Waals surface area contributed by atoms with Gasteiger partial charge in [0.2, 0.25) is 5.88 Å². The van der Waals surface area contributed by atoms with Crippen molar-refractivity contribution in [2.45, 2.75) is 32.0 Å². The smallest absolute Gasteiger partial charge is 0.332 e. The van der Waals surface area contributed by atoms with Crippen molar-refractivity contribution in [1.82, 2.24) is 9.13 Å². The van der Waals surface area contributed by atoms with E-state index in [4.69, 9.17) is 5.11 Å². The Bertz CT molecular complexity index is 767. The number of aromatic hydroxyl groups is 1. The van der Waals surface area contributed by atoms with Crippen molar-refractivity contribution in [2.24, 2.45) is 0 Å². The number of carbonyl (C=O) groups is 1. The van der Waals surface area contributed by atoms with E-state index in [9.17, 15) is 19.8 Å². The molecule has 2 atom stereocenters. The van der Waals surface area contributed by atoms with Crippen molar-refractivity contribution >= 4 is 18.6 Å². The Kier molecular flexibility index (Phi) is 5.74. The SMILES string of the molecule is CC(O)c1c(O)n(C(CS)Cc2ccccc2)c(=O)n1CC(=O)O. The summed E-state index contributed by atoms with van der Waals surface area (Å²) >= 11 is 4.26. The highest BCUT2D eigenvalue weighted by Gasteiger charge is 2.27. The van der Waals surface area contributed by atoms with Crippen molar-refractivity contribution in [3.05, 3.63) is 52.1 Å². The average molecular weight is 352 g/mol. The Morgan fingerprint density at radius 2 is 1.92 bits per heavy atom. The van der Waals surface area contributed by atoms with Crippen LogP contribution in [0.1, 0.15) is 30.3 Å². The minimum atomic E-state index is -1.23. The number of thiol groups is 1. The molecule has 8 heteroatoms. The topological polar surface area (TPSA) is 105 Å². The average Bonchev–Trinajstić information content (AvgIpc) is 2.76. The molecule has 0 radical (unpaired) electrons. The highest BCUT2D eigenvalue weighted by atomic mass is 32.1. The summed E-state index contributed by atoms with van der Waals surface area (Å²) in [5.74, 6) is -1.40. The molecule has 0 bridgehead atoms. The molecule has 0 amide bonds. The first-order valence-corrected chi connectivity index (χ1v) is 8.08. The molecule has 0 aliphatic carbocycles. The molecule has 1 aromatic carbocycles. The Labute approximate surface area is 144 Å². The van der Waals surface area contributed by atoms with E-state index in [1.807, 2.05) is 30.3 Å². The van der Waals surface area contributed by atoms with Crippen LogP contribution in [-0.4, -0.2) is 36.2 Å². The number of aliphatic hydroxyl groups excluding tert-OH is 1. The summed E-state index contributed by atoms with van der Waals surface area (Å²) < 4.78 is 1.98. The van der Waals surface area contributed by atoms with Crippen molar-refractivity contribution in [3.8, 4) is 5.88 Å². The van der Waals surface area contributed by atoms with E-state index in [0.29, 0.717) is 6.42 Å².